The number of nitrogens with two attached hydrogens (primary N) is 1. The maximum Gasteiger partial charge on any atom is 0.335 e. The van der Waals surface area contributed by atoms with Gasteiger partial charge in [0.15, 0.2) is 0 Å². The Balaban J connectivity index is 2.02. The van der Waals surface area contributed by atoms with E-state index in [1.54, 1.807) is 12.1 Å². The maximum absolute atomic E-state index is 12.3. The first-order valence-electron chi connectivity index (χ1n) is 9.39. The van der Waals surface area contributed by atoms with Crippen molar-refractivity contribution >= 4 is 17.6 Å². The first kappa shape index (κ1) is 19.4. The molecule has 2 aromatic rings. The Morgan fingerprint density at radius 3 is 2.25 bits per heavy atom. The lowest BCUT2D eigenvalue weighted by molar-refractivity contribution is -0.119. The largest absolute Gasteiger partial charge is 0.478 e. The van der Waals surface area contributed by atoms with E-state index >= 15 is 0 Å². The van der Waals surface area contributed by atoms with E-state index < -0.39 is 23.7 Å². The van der Waals surface area contributed by atoms with Crippen molar-refractivity contribution in [1.29, 1.82) is 5.26 Å². The minimum Gasteiger partial charge on any atom is -0.478 e. The van der Waals surface area contributed by atoms with Crippen molar-refractivity contribution in [2.24, 2.45) is 5.73 Å². The summed E-state index contributed by atoms with van der Waals surface area (Å²) in [4.78, 5) is 25.7. The highest BCUT2D eigenvalue weighted by Crippen LogP contribution is 2.38. The van der Waals surface area contributed by atoms with Gasteiger partial charge in [0.2, 0.25) is 5.91 Å². The fourth-order valence-electron chi connectivity index (χ4n) is 3.85. The standard InChI is InChI=1S/C22H23N3O3/c23-14-18(17-6-2-3-7-19(17)25-12-4-1-5-13-25)20(21(24)26)15-8-10-16(11-9-15)22(27)28/h2-3,6-11,18,20H,1,4-5,12-13H2,(H2,24,26)(H,27,28). The molecule has 2 unspecified atom stereocenters. The maximum atomic E-state index is 12.3. The topological polar surface area (TPSA) is 107 Å². The summed E-state index contributed by atoms with van der Waals surface area (Å²) in [7, 11) is 0. The van der Waals surface area contributed by atoms with Gasteiger partial charge in [-0.15, -0.1) is 0 Å². The van der Waals surface area contributed by atoms with E-state index in [1.807, 2.05) is 24.3 Å². The zero-order chi connectivity index (χ0) is 20.1. The fourth-order valence-corrected chi connectivity index (χ4v) is 3.85. The van der Waals surface area contributed by atoms with Crippen molar-refractivity contribution in [3.8, 4) is 6.07 Å². The Bertz CT molecular complexity index is 896. The van der Waals surface area contributed by atoms with E-state index in [0.717, 1.165) is 37.2 Å². The second-order valence-corrected chi connectivity index (χ2v) is 7.02. The minimum absolute atomic E-state index is 0.120. The second-order valence-electron chi connectivity index (χ2n) is 7.02. The van der Waals surface area contributed by atoms with Gasteiger partial charge in [-0.2, -0.15) is 5.26 Å². The number of hydrogen-bond donors (Lipinski definition) is 2. The Morgan fingerprint density at radius 1 is 1.04 bits per heavy atom. The number of benzene rings is 2. The van der Waals surface area contributed by atoms with Gasteiger partial charge in [-0.1, -0.05) is 30.3 Å². The highest BCUT2D eigenvalue weighted by Gasteiger charge is 2.32. The van der Waals surface area contributed by atoms with Crippen LogP contribution in [-0.4, -0.2) is 30.1 Å². The zero-order valence-electron chi connectivity index (χ0n) is 15.5. The van der Waals surface area contributed by atoms with Crippen LogP contribution in [0.1, 0.15) is 52.6 Å². The quantitative estimate of drug-likeness (QED) is 0.803. The number of carbonyl (C=O) groups is 2. The highest BCUT2D eigenvalue weighted by molar-refractivity contribution is 5.88. The summed E-state index contributed by atoms with van der Waals surface area (Å²) in [5.41, 5.74) is 8.08. The summed E-state index contributed by atoms with van der Waals surface area (Å²) >= 11 is 0. The molecule has 2 atom stereocenters. The van der Waals surface area contributed by atoms with E-state index in [0.29, 0.717) is 5.56 Å². The summed E-state index contributed by atoms with van der Waals surface area (Å²) in [5.74, 6) is -3.28. The van der Waals surface area contributed by atoms with Crippen LogP contribution in [-0.2, 0) is 4.79 Å². The molecule has 3 rings (SSSR count). The van der Waals surface area contributed by atoms with E-state index in [-0.39, 0.29) is 5.56 Å². The second kappa shape index (κ2) is 8.57. The molecule has 1 amide bonds. The molecule has 1 saturated heterocycles. The lowest BCUT2D eigenvalue weighted by atomic mass is 9.80. The summed E-state index contributed by atoms with van der Waals surface area (Å²) in [6.07, 6.45) is 3.39. The average molecular weight is 377 g/mol. The van der Waals surface area contributed by atoms with Crippen molar-refractivity contribution in [3.63, 3.8) is 0 Å². The van der Waals surface area contributed by atoms with Gasteiger partial charge in [0.05, 0.1) is 23.5 Å². The molecule has 0 saturated carbocycles. The molecule has 6 nitrogen and oxygen atoms in total. The van der Waals surface area contributed by atoms with Crippen LogP contribution in [0.15, 0.2) is 48.5 Å². The van der Waals surface area contributed by atoms with E-state index in [1.165, 1.54) is 18.6 Å². The van der Waals surface area contributed by atoms with Gasteiger partial charge in [-0.25, -0.2) is 4.79 Å². The monoisotopic (exact) mass is 377 g/mol. The number of nitriles is 1. The molecule has 0 aromatic heterocycles. The van der Waals surface area contributed by atoms with Crippen molar-refractivity contribution in [2.45, 2.75) is 31.1 Å². The number of carbonyl (C=O) groups excluding carboxylic acids is 1. The third-order valence-corrected chi connectivity index (χ3v) is 5.26. The van der Waals surface area contributed by atoms with E-state index in [4.69, 9.17) is 10.8 Å². The molecule has 6 heteroatoms. The highest BCUT2D eigenvalue weighted by atomic mass is 16.4. The molecule has 1 fully saturated rings. The number of anilines is 1. The van der Waals surface area contributed by atoms with Gasteiger partial charge < -0.3 is 15.7 Å². The molecule has 1 aliphatic rings. The van der Waals surface area contributed by atoms with Crippen molar-refractivity contribution in [3.05, 3.63) is 65.2 Å². The summed E-state index contributed by atoms with van der Waals surface area (Å²) in [6, 6.07) is 15.9. The average Bonchev–Trinajstić information content (AvgIpc) is 2.72. The molecule has 28 heavy (non-hydrogen) atoms. The van der Waals surface area contributed by atoms with Gasteiger partial charge in [-0.3, -0.25) is 4.79 Å². The van der Waals surface area contributed by atoms with E-state index in [9.17, 15) is 14.9 Å². The predicted molar refractivity (Wildman–Crippen MR) is 106 cm³/mol. The molecule has 3 N–H and O–H groups in total. The number of nitrogens with zero attached hydrogens (tertiary/aromatic N) is 2. The number of rotatable bonds is 6. The smallest absolute Gasteiger partial charge is 0.335 e. The van der Waals surface area contributed by atoms with Gasteiger partial charge in [0.25, 0.3) is 0 Å². The van der Waals surface area contributed by atoms with Crippen LogP contribution < -0.4 is 10.6 Å². The summed E-state index contributed by atoms with van der Waals surface area (Å²) < 4.78 is 0. The molecule has 1 heterocycles. The summed E-state index contributed by atoms with van der Waals surface area (Å²) in [5, 5.41) is 19.0. The first-order valence-corrected chi connectivity index (χ1v) is 9.39. The number of primary amides is 1. The molecule has 0 bridgehead atoms. The Morgan fingerprint density at radius 2 is 1.68 bits per heavy atom. The Hall–Kier alpha value is -3.33. The molecule has 2 aromatic carbocycles. The molecular weight excluding hydrogens is 354 g/mol. The Labute approximate surface area is 164 Å². The first-order chi connectivity index (χ1) is 13.5. The number of amides is 1. The van der Waals surface area contributed by atoms with E-state index in [2.05, 4.69) is 11.0 Å². The van der Waals surface area contributed by atoms with Crippen molar-refractivity contribution in [1.82, 2.24) is 0 Å². The van der Waals surface area contributed by atoms with Crippen LogP contribution in [0, 0.1) is 11.3 Å². The molecular formula is C22H23N3O3. The zero-order valence-corrected chi connectivity index (χ0v) is 15.5. The number of para-hydroxylation sites is 1. The molecule has 144 valence electrons. The third kappa shape index (κ3) is 3.99. The van der Waals surface area contributed by atoms with Crippen LogP contribution in [0.5, 0.6) is 0 Å². The molecule has 0 aliphatic carbocycles. The van der Waals surface area contributed by atoms with Crippen LogP contribution in [0.2, 0.25) is 0 Å². The molecule has 0 spiro atoms. The van der Waals surface area contributed by atoms with Gasteiger partial charge in [-0.05, 0) is 48.6 Å². The number of carboxylic acid groups (broad SMARTS) is 1. The predicted octanol–water partition coefficient (Wildman–Crippen LogP) is 3.25. The number of aromatic carboxylic acids is 1. The normalized spacial score (nSPS) is 16.0. The fraction of sp³-hybridized carbons (Fsp3) is 0.318. The SMILES string of the molecule is N#CC(c1ccccc1N1CCCCC1)C(C(N)=O)c1ccc(C(=O)O)cc1. The van der Waals surface area contributed by atoms with Crippen LogP contribution in [0.4, 0.5) is 5.69 Å². The van der Waals surface area contributed by atoms with Crippen molar-refractivity contribution < 1.29 is 14.7 Å². The van der Waals surface area contributed by atoms with Crippen molar-refractivity contribution in [2.75, 3.05) is 18.0 Å². The van der Waals surface area contributed by atoms with Gasteiger partial charge in [0, 0.05) is 18.8 Å². The third-order valence-electron chi connectivity index (χ3n) is 5.26. The number of piperidine rings is 1. The van der Waals surface area contributed by atoms with Crippen LogP contribution >= 0.6 is 0 Å². The summed E-state index contributed by atoms with van der Waals surface area (Å²) in [6.45, 7) is 1.84. The molecule has 1 aliphatic heterocycles. The van der Waals surface area contributed by atoms with Gasteiger partial charge in [0.1, 0.15) is 0 Å². The van der Waals surface area contributed by atoms with Crippen LogP contribution in [0.25, 0.3) is 0 Å². The molecule has 0 radical (unpaired) electrons. The number of carboxylic acids is 1. The van der Waals surface area contributed by atoms with Gasteiger partial charge >= 0.3 is 5.97 Å². The van der Waals surface area contributed by atoms with Crippen LogP contribution in [0.3, 0.4) is 0 Å². The lowest BCUT2D eigenvalue weighted by Gasteiger charge is -2.32. The number of hydrogen-bond acceptors (Lipinski definition) is 4. The Kier molecular flexibility index (Phi) is 5.95. The lowest BCUT2D eigenvalue weighted by Crippen LogP contribution is -2.32. The minimum atomic E-state index is -1.05.